The molecule has 4 atom stereocenters. The monoisotopic (exact) mass is 628 g/mol. The molecule has 0 spiro atoms. The van der Waals surface area contributed by atoms with Gasteiger partial charge in [0.25, 0.3) is 0 Å². The van der Waals surface area contributed by atoms with Crippen LogP contribution < -0.4 is 5.32 Å². The Morgan fingerprint density at radius 3 is 1.67 bits per heavy atom. The zero-order valence-electron chi connectivity index (χ0n) is 28.1. The summed E-state index contributed by atoms with van der Waals surface area (Å²) in [5.41, 5.74) is 1.19. The number of piperazine rings is 2. The molecule has 2 aromatic carbocycles. The van der Waals surface area contributed by atoms with Gasteiger partial charge in [0.2, 0.25) is 11.8 Å². The highest BCUT2D eigenvalue weighted by Crippen LogP contribution is 2.31. The van der Waals surface area contributed by atoms with Crippen molar-refractivity contribution in [2.45, 2.75) is 92.1 Å². The summed E-state index contributed by atoms with van der Waals surface area (Å²) < 4.78 is 31.8. The van der Waals surface area contributed by atoms with Crippen LogP contribution in [-0.4, -0.2) is 76.5 Å². The van der Waals surface area contributed by atoms with E-state index in [-0.39, 0.29) is 59.5 Å². The summed E-state index contributed by atoms with van der Waals surface area (Å²) in [6.45, 7) is 19.1. The molecule has 0 unspecified atom stereocenters. The lowest BCUT2D eigenvalue weighted by atomic mass is 9.98. The maximum Gasteiger partial charge on any atom is 0.410 e. The molecule has 3 amide bonds. The molecule has 2 aliphatic heterocycles. The van der Waals surface area contributed by atoms with E-state index in [0.29, 0.717) is 19.6 Å². The van der Waals surface area contributed by atoms with Gasteiger partial charge in [-0.2, -0.15) is 0 Å². The molecule has 8 nitrogen and oxygen atoms in total. The Bertz CT molecular complexity index is 1290. The molecule has 1 N–H and O–H groups in total. The first kappa shape index (κ1) is 35.9. The molecule has 2 heterocycles. The fourth-order valence-electron chi connectivity index (χ4n) is 5.53. The lowest BCUT2D eigenvalue weighted by Crippen LogP contribution is -2.58. The topological polar surface area (TPSA) is 82.2 Å². The Kier molecular flexibility index (Phi) is 12.1. The maximum atomic E-state index is 13.3. The summed E-state index contributed by atoms with van der Waals surface area (Å²) in [4.78, 5) is 42.9. The molecule has 248 valence electrons. The minimum atomic E-state index is -0.613. The van der Waals surface area contributed by atoms with Crippen molar-refractivity contribution >= 4 is 17.9 Å². The highest BCUT2D eigenvalue weighted by atomic mass is 19.1. The molecular formula is C35H50F2N4O4. The highest BCUT2D eigenvalue weighted by Gasteiger charge is 2.39. The predicted octanol–water partition coefficient (Wildman–Crippen LogP) is 6.33. The third kappa shape index (κ3) is 9.73. The standard InChI is InChI=1S/C20H29FN2O3.C15H21FN2O/c1-13(2)18(24)22-12-17(15-7-9-16(21)10-8-15)23(11-14(22)3)19(25)26-20(4,5)6;1-10(2)15(19)18-9-14(17-8-11(18)3)12-4-6-13(16)7-5-12/h7-10,13-14,17H,11-12H2,1-6H3;4-7,10-11,14,17H,8-9H2,1-3H3/t14-,17-;11-,14-/m11/s1. The van der Waals surface area contributed by atoms with Crippen LogP contribution in [0.3, 0.4) is 0 Å². The summed E-state index contributed by atoms with van der Waals surface area (Å²) in [5, 5.41) is 3.41. The van der Waals surface area contributed by atoms with Crippen molar-refractivity contribution < 1.29 is 27.9 Å². The van der Waals surface area contributed by atoms with Crippen molar-refractivity contribution in [1.82, 2.24) is 20.0 Å². The normalized spacial score (nSPS) is 22.2. The third-order valence-electron chi connectivity index (χ3n) is 8.02. The smallest absolute Gasteiger partial charge is 0.410 e. The van der Waals surface area contributed by atoms with Crippen LogP contribution in [0.4, 0.5) is 13.6 Å². The van der Waals surface area contributed by atoms with Crippen molar-refractivity contribution in [3.05, 3.63) is 71.3 Å². The fourth-order valence-corrected chi connectivity index (χ4v) is 5.53. The van der Waals surface area contributed by atoms with Gasteiger partial charge in [-0.1, -0.05) is 52.0 Å². The molecule has 2 aliphatic rings. The second-order valence-electron chi connectivity index (χ2n) is 13.7. The molecule has 2 aromatic rings. The van der Waals surface area contributed by atoms with E-state index >= 15 is 0 Å². The van der Waals surface area contributed by atoms with E-state index in [2.05, 4.69) is 5.32 Å². The number of hydrogen-bond acceptors (Lipinski definition) is 5. The number of halogens is 2. The Morgan fingerprint density at radius 1 is 0.733 bits per heavy atom. The number of ether oxygens (including phenoxy) is 1. The van der Waals surface area contributed by atoms with E-state index in [1.54, 1.807) is 34.1 Å². The molecule has 0 aliphatic carbocycles. The molecule has 2 saturated heterocycles. The van der Waals surface area contributed by atoms with Gasteiger partial charge < -0.3 is 19.9 Å². The quantitative estimate of drug-likeness (QED) is 0.428. The van der Waals surface area contributed by atoms with E-state index in [1.165, 1.54) is 24.3 Å². The van der Waals surface area contributed by atoms with Crippen LogP contribution in [-0.2, 0) is 14.3 Å². The highest BCUT2D eigenvalue weighted by molar-refractivity contribution is 5.79. The van der Waals surface area contributed by atoms with Gasteiger partial charge in [-0.15, -0.1) is 0 Å². The fraction of sp³-hybridized carbons (Fsp3) is 0.571. The van der Waals surface area contributed by atoms with Crippen LogP contribution in [0.2, 0.25) is 0 Å². The first-order valence-corrected chi connectivity index (χ1v) is 15.8. The second-order valence-corrected chi connectivity index (χ2v) is 13.7. The summed E-state index contributed by atoms with van der Waals surface area (Å²) in [6, 6.07) is 12.3. The van der Waals surface area contributed by atoms with Crippen LogP contribution in [0.5, 0.6) is 0 Å². The Hall–Kier alpha value is -3.53. The van der Waals surface area contributed by atoms with Gasteiger partial charge in [-0.25, -0.2) is 13.6 Å². The zero-order chi connectivity index (χ0) is 33.6. The molecule has 0 saturated carbocycles. The Labute approximate surface area is 267 Å². The maximum absolute atomic E-state index is 13.3. The van der Waals surface area contributed by atoms with Crippen molar-refractivity contribution in [2.75, 3.05) is 26.2 Å². The van der Waals surface area contributed by atoms with Crippen LogP contribution >= 0.6 is 0 Å². The molecule has 2 fully saturated rings. The van der Waals surface area contributed by atoms with Crippen LogP contribution in [0.15, 0.2) is 48.5 Å². The molecule has 0 aromatic heterocycles. The third-order valence-corrected chi connectivity index (χ3v) is 8.02. The number of nitrogens with zero attached hydrogens (tertiary/aromatic N) is 3. The minimum Gasteiger partial charge on any atom is -0.444 e. The van der Waals surface area contributed by atoms with Gasteiger partial charge >= 0.3 is 6.09 Å². The van der Waals surface area contributed by atoms with Crippen LogP contribution in [0.1, 0.15) is 85.5 Å². The van der Waals surface area contributed by atoms with Crippen LogP contribution in [0, 0.1) is 23.5 Å². The van der Waals surface area contributed by atoms with E-state index in [0.717, 1.165) is 17.7 Å². The van der Waals surface area contributed by atoms with E-state index in [1.807, 2.05) is 67.2 Å². The Balaban J connectivity index is 0.000000257. The van der Waals surface area contributed by atoms with E-state index < -0.39 is 11.7 Å². The number of hydrogen-bond donors (Lipinski definition) is 1. The number of carbonyl (C=O) groups excluding carboxylic acids is 3. The minimum absolute atomic E-state index is 0.00872. The summed E-state index contributed by atoms with van der Waals surface area (Å²) in [6.07, 6.45) is -0.421. The summed E-state index contributed by atoms with van der Waals surface area (Å²) in [7, 11) is 0. The van der Waals surface area contributed by atoms with Gasteiger partial charge in [0.1, 0.15) is 17.2 Å². The average molecular weight is 629 g/mol. The predicted molar refractivity (Wildman–Crippen MR) is 171 cm³/mol. The molecule has 0 radical (unpaired) electrons. The average Bonchev–Trinajstić information content (AvgIpc) is 2.97. The second kappa shape index (κ2) is 15.2. The number of nitrogens with one attached hydrogen (secondary N) is 1. The van der Waals surface area contributed by atoms with Crippen molar-refractivity contribution in [3.8, 4) is 0 Å². The number of benzene rings is 2. The van der Waals surface area contributed by atoms with Gasteiger partial charge in [-0.05, 0) is 70.0 Å². The molecular weight excluding hydrogens is 578 g/mol. The van der Waals surface area contributed by atoms with Gasteiger partial charge in [0.15, 0.2) is 0 Å². The lowest BCUT2D eigenvalue weighted by molar-refractivity contribution is -0.141. The zero-order valence-corrected chi connectivity index (χ0v) is 28.1. The number of carbonyl (C=O) groups is 3. The molecule has 45 heavy (non-hydrogen) atoms. The van der Waals surface area contributed by atoms with Crippen molar-refractivity contribution in [2.24, 2.45) is 11.8 Å². The van der Waals surface area contributed by atoms with Crippen molar-refractivity contribution in [3.63, 3.8) is 0 Å². The van der Waals surface area contributed by atoms with Gasteiger partial charge in [0.05, 0.1) is 6.04 Å². The molecule has 10 heteroatoms. The lowest BCUT2D eigenvalue weighted by Gasteiger charge is -2.46. The number of amides is 3. The first-order valence-electron chi connectivity index (χ1n) is 15.8. The van der Waals surface area contributed by atoms with E-state index in [4.69, 9.17) is 4.74 Å². The first-order chi connectivity index (χ1) is 21.0. The number of rotatable bonds is 4. The molecule has 0 bridgehead atoms. The van der Waals surface area contributed by atoms with E-state index in [9.17, 15) is 23.2 Å². The van der Waals surface area contributed by atoms with Crippen LogP contribution in [0.25, 0.3) is 0 Å². The van der Waals surface area contributed by atoms with Crippen molar-refractivity contribution in [1.29, 1.82) is 0 Å². The summed E-state index contributed by atoms with van der Waals surface area (Å²) >= 11 is 0. The van der Waals surface area contributed by atoms with Gasteiger partial charge in [-0.3, -0.25) is 14.5 Å². The van der Waals surface area contributed by atoms with Gasteiger partial charge in [0, 0.05) is 56.1 Å². The molecule has 4 rings (SSSR count). The summed E-state index contributed by atoms with van der Waals surface area (Å²) in [5.74, 6) is -0.455. The largest absolute Gasteiger partial charge is 0.444 e. The Morgan fingerprint density at radius 2 is 1.20 bits per heavy atom. The SMILES string of the molecule is CC(C)C(=O)N1C[C@H](c2ccc(F)cc2)N(C(=O)OC(C)(C)C)C[C@H]1C.CC(C)C(=O)N1C[C@H](c2ccc(F)cc2)NC[C@H]1C.